The molecule has 0 rings (SSSR count). The van der Waals surface area contributed by atoms with Crippen molar-refractivity contribution >= 4 is 17.9 Å². The molecular formula is C49H90O6. The van der Waals surface area contributed by atoms with Gasteiger partial charge in [-0.05, 0) is 51.4 Å². The molecule has 0 bridgehead atoms. The smallest absolute Gasteiger partial charge is 0.306 e. The number of esters is 3. The lowest BCUT2D eigenvalue weighted by atomic mass is 10.0. The van der Waals surface area contributed by atoms with E-state index in [4.69, 9.17) is 14.2 Å². The first kappa shape index (κ1) is 52.9. The second-order valence-electron chi connectivity index (χ2n) is 16.0. The summed E-state index contributed by atoms with van der Waals surface area (Å²) in [6, 6.07) is 0. The minimum Gasteiger partial charge on any atom is -0.462 e. The first-order chi connectivity index (χ1) is 27.0. The minimum atomic E-state index is -0.769. The monoisotopic (exact) mass is 775 g/mol. The van der Waals surface area contributed by atoms with Gasteiger partial charge in [0.05, 0.1) is 0 Å². The maximum absolute atomic E-state index is 12.7. The Morgan fingerprint density at radius 2 is 0.655 bits per heavy atom. The number of carbonyl (C=O) groups excluding carboxylic acids is 3. The van der Waals surface area contributed by atoms with Crippen molar-refractivity contribution in [3.63, 3.8) is 0 Å². The standard InChI is InChI=1S/C49H90O6/c1-4-7-10-13-15-17-19-21-23-24-26-27-29-31-33-36-39-42-48(51)54-45-46(44-53-47(50)41-38-35-12-9-6-3)55-49(52)43-40-37-34-32-30-28-25-22-20-18-16-14-11-8-5-2/h16,18,22,25,46H,4-15,17,19-21,23-24,26-45H2,1-3H3/b18-16-,25-22-. The molecule has 6 heteroatoms. The fraction of sp³-hybridized carbons (Fsp3) is 0.857. The third-order valence-corrected chi connectivity index (χ3v) is 10.5. The van der Waals surface area contributed by atoms with Crippen LogP contribution in [0.15, 0.2) is 24.3 Å². The highest BCUT2D eigenvalue weighted by Gasteiger charge is 2.19. The quantitative estimate of drug-likeness (QED) is 0.0266. The summed E-state index contributed by atoms with van der Waals surface area (Å²) < 4.78 is 16.6. The molecule has 0 radical (unpaired) electrons. The van der Waals surface area contributed by atoms with E-state index in [1.54, 1.807) is 0 Å². The number of carbonyl (C=O) groups is 3. The van der Waals surface area contributed by atoms with Crippen LogP contribution in [0.25, 0.3) is 0 Å². The van der Waals surface area contributed by atoms with Crippen LogP contribution in [0.4, 0.5) is 0 Å². The van der Waals surface area contributed by atoms with Crippen LogP contribution >= 0.6 is 0 Å². The summed E-state index contributed by atoms with van der Waals surface area (Å²) in [4.78, 5) is 37.5. The van der Waals surface area contributed by atoms with Gasteiger partial charge in [0.15, 0.2) is 6.10 Å². The molecule has 0 aromatic carbocycles. The average Bonchev–Trinajstić information content (AvgIpc) is 3.18. The van der Waals surface area contributed by atoms with Gasteiger partial charge in [-0.25, -0.2) is 0 Å². The Morgan fingerprint density at radius 1 is 0.364 bits per heavy atom. The Kier molecular flexibility index (Phi) is 42.9. The van der Waals surface area contributed by atoms with Crippen molar-refractivity contribution in [2.24, 2.45) is 0 Å². The summed E-state index contributed by atoms with van der Waals surface area (Å²) in [7, 11) is 0. The van der Waals surface area contributed by atoms with Crippen LogP contribution in [-0.4, -0.2) is 37.2 Å². The van der Waals surface area contributed by atoms with Gasteiger partial charge in [0.2, 0.25) is 0 Å². The number of unbranched alkanes of at least 4 members (excludes halogenated alkanes) is 28. The van der Waals surface area contributed by atoms with Crippen molar-refractivity contribution < 1.29 is 28.6 Å². The van der Waals surface area contributed by atoms with Crippen molar-refractivity contribution in [1.29, 1.82) is 0 Å². The Labute approximate surface area is 341 Å². The maximum Gasteiger partial charge on any atom is 0.306 e. The van der Waals surface area contributed by atoms with Crippen LogP contribution in [0.1, 0.15) is 252 Å². The third-order valence-electron chi connectivity index (χ3n) is 10.5. The molecule has 0 amide bonds. The predicted molar refractivity (Wildman–Crippen MR) is 233 cm³/mol. The molecule has 0 fully saturated rings. The summed E-state index contributed by atoms with van der Waals surface area (Å²) in [5.74, 6) is -0.894. The number of allylic oxidation sites excluding steroid dienone is 4. The highest BCUT2D eigenvalue weighted by Crippen LogP contribution is 2.15. The van der Waals surface area contributed by atoms with Gasteiger partial charge in [-0.2, -0.15) is 0 Å². The number of hydrogen-bond acceptors (Lipinski definition) is 6. The van der Waals surface area contributed by atoms with E-state index in [1.807, 2.05) is 0 Å². The van der Waals surface area contributed by atoms with E-state index in [9.17, 15) is 14.4 Å². The van der Waals surface area contributed by atoms with E-state index >= 15 is 0 Å². The molecule has 1 unspecified atom stereocenters. The zero-order valence-corrected chi connectivity index (χ0v) is 36.7. The molecular weight excluding hydrogens is 685 g/mol. The Hall–Kier alpha value is -2.11. The molecule has 0 saturated heterocycles. The first-order valence-electron chi connectivity index (χ1n) is 23.8. The number of ether oxygens (including phenoxy) is 3. The van der Waals surface area contributed by atoms with E-state index in [1.165, 1.54) is 122 Å². The maximum atomic E-state index is 12.7. The van der Waals surface area contributed by atoms with Gasteiger partial charge < -0.3 is 14.2 Å². The lowest BCUT2D eigenvalue weighted by Crippen LogP contribution is -2.30. The number of hydrogen-bond donors (Lipinski definition) is 0. The number of rotatable bonds is 43. The summed E-state index contributed by atoms with van der Waals surface area (Å²) >= 11 is 0. The molecule has 1 atom stereocenters. The Bertz CT molecular complexity index is 896. The van der Waals surface area contributed by atoms with Crippen LogP contribution in [0.5, 0.6) is 0 Å². The second kappa shape index (κ2) is 44.6. The molecule has 322 valence electrons. The van der Waals surface area contributed by atoms with Crippen LogP contribution < -0.4 is 0 Å². The molecule has 55 heavy (non-hydrogen) atoms. The van der Waals surface area contributed by atoms with Gasteiger partial charge >= 0.3 is 17.9 Å². The fourth-order valence-electron chi connectivity index (χ4n) is 6.82. The molecule has 0 aromatic heterocycles. The van der Waals surface area contributed by atoms with Crippen LogP contribution in [0, 0.1) is 0 Å². The molecule has 0 spiro atoms. The Balaban J connectivity index is 4.19. The van der Waals surface area contributed by atoms with Crippen LogP contribution in [0.3, 0.4) is 0 Å². The molecule has 0 N–H and O–H groups in total. The molecule has 0 aliphatic rings. The lowest BCUT2D eigenvalue weighted by molar-refractivity contribution is -0.167. The van der Waals surface area contributed by atoms with Gasteiger partial charge in [0.25, 0.3) is 0 Å². The average molecular weight is 775 g/mol. The lowest BCUT2D eigenvalue weighted by Gasteiger charge is -2.18. The molecule has 0 saturated carbocycles. The largest absolute Gasteiger partial charge is 0.462 e. The molecule has 0 aliphatic carbocycles. The summed E-state index contributed by atoms with van der Waals surface area (Å²) in [5.41, 5.74) is 0. The van der Waals surface area contributed by atoms with Gasteiger partial charge in [0.1, 0.15) is 13.2 Å². The van der Waals surface area contributed by atoms with Gasteiger partial charge in [0, 0.05) is 19.3 Å². The minimum absolute atomic E-state index is 0.0739. The fourth-order valence-corrected chi connectivity index (χ4v) is 6.82. The normalized spacial score (nSPS) is 12.1. The molecule has 0 heterocycles. The molecule has 6 nitrogen and oxygen atoms in total. The van der Waals surface area contributed by atoms with Crippen molar-refractivity contribution in [3.05, 3.63) is 24.3 Å². The second-order valence-corrected chi connectivity index (χ2v) is 16.0. The zero-order chi connectivity index (χ0) is 40.1. The highest BCUT2D eigenvalue weighted by atomic mass is 16.6. The SMILES string of the molecule is CCCCC/C=C\C/C=C\CCCCCCCC(=O)OC(COC(=O)CCCCCCC)COC(=O)CCCCCCCCCCCCCCCCCCC. The summed E-state index contributed by atoms with van der Waals surface area (Å²) in [5, 5.41) is 0. The van der Waals surface area contributed by atoms with E-state index in [-0.39, 0.29) is 31.1 Å². The van der Waals surface area contributed by atoms with Gasteiger partial charge in [-0.3, -0.25) is 14.4 Å². The topological polar surface area (TPSA) is 78.9 Å². The Morgan fingerprint density at radius 3 is 1.04 bits per heavy atom. The summed E-state index contributed by atoms with van der Waals surface area (Å²) in [6.45, 7) is 6.53. The van der Waals surface area contributed by atoms with E-state index < -0.39 is 6.10 Å². The van der Waals surface area contributed by atoms with Crippen LogP contribution in [0.2, 0.25) is 0 Å². The van der Waals surface area contributed by atoms with E-state index in [2.05, 4.69) is 45.1 Å². The third kappa shape index (κ3) is 42.9. The summed E-state index contributed by atoms with van der Waals surface area (Å²) in [6.07, 6.45) is 49.0. The van der Waals surface area contributed by atoms with E-state index in [0.717, 1.165) is 89.9 Å². The van der Waals surface area contributed by atoms with E-state index in [0.29, 0.717) is 19.3 Å². The van der Waals surface area contributed by atoms with Crippen molar-refractivity contribution in [2.75, 3.05) is 13.2 Å². The first-order valence-corrected chi connectivity index (χ1v) is 23.8. The van der Waals surface area contributed by atoms with Gasteiger partial charge in [-0.1, -0.05) is 206 Å². The predicted octanol–water partition coefficient (Wildman–Crippen LogP) is 15.2. The van der Waals surface area contributed by atoms with Crippen molar-refractivity contribution in [2.45, 2.75) is 258 Å². The van der Waals surface area contributed by atoms with Crippen LogP contribution in [-0.2, 0) is 28.6 Å². The van der Waals surface area contributed by atoms with Crippen molar-refractivity contribution in [1.82, 2.24) is 0 Å². The molecule has 0 aliphatic heterocycles. The zero-order valence-electron chi connectivity index (χ0n) is 36.7. The van der Waals surface area contributed by atoms with Crippen molar-refractivity contribution in [3.8, 4) is 0 Å². The highest BCUT2D eigenvalue weighted by molar-refractivity contribution is 5.71. The van der Waals surface area contributed by atoms with Gasteiger partial charge in [-0.15, -0.1) is 0 Å². The molecule has 0 aromatic rings.